The van der Waals surface area contributed by atoms with Crippen LogP contribution >= 0.6 is 0 Å². The molecule has 0 atom stereocenters. The molecule has 1 aliphatic rings. The molecule has 0 bridgehead atoms. The minimum Gasteiger partial charge on any atom is -0.478 e. The Hall–Kier alpha value is -2.20. The lowest BCUT2D eigenvalue weighted by atomic mass is 10.2. The maximum Gasteiger partial charge on any atom is 0.337 e. The lowest BCUT2D eigenvalue weighted by Gasteiger charge is -2.14. The summed E-state index contributed by atoms with van der Waals surface area (Å²) in [5.74, 6) is -0.920. The number of carbonyl (C=O) groups is 1. The summed E-state index contributed by atoms with van der Waals surface area (Å²) >= 11 is 0. The second-order valence-corrected chi connectivity index (χ2v) is 4.77. The molecule has 0 radical (unpaired) electrons. The highest BCUT2D eigenvalue weighted by Crippen LogP contribution is 2.23. The van der Waals surface area contributed by atoms with Gasteiger partial charge in [0.25, 0.3) is 0 Å². The number of hydrogen-bond acceptors (Lipinski definition) is 3. The van der Waals surface area contributed by atoms with Crippen LogP contribution in [0.3, 0.4) is 0 Å². The van der Waals surface area contributed by atoms with Crippen LogP contribution < -0.4 is 0 Å². The highest BCUT2D eigenvalue weighted by atomic mass is 16.4. The van der Waals surface area contributed by atoms with E-state index in [2.05, 4.69) is 22.0 Å². The van der Waals surface area contributed by atoms with Gasteiger partial charge in [0.05, 0.1) is 11.3 Å². The summed E-state index contributed by atoms with van der Waals surface area (Å²) in [5, 5.41) is 8.96. The molecule has 2 aromatic rings. The summed E-state index contributed by atoms with van der Waals surface area (Å²) in [4.78, 5) is 17.4. The van der Waals surface area contributed by atoms with Crippen LogP contribution in [-0.4, -0.2) is 21.0 Å². The van der Waals surface area contributed by atoms with Gasteiger partial charge in [0.2, 0.25) is 0 Å². The molecule has 0 saturated heterocycles. The topological polar surface area (TPSA) is 53.4 Å². The first kappa shape index (κ1) is 11.9. The number of carboxylic acids is 1. The smallest absolute Gasteiger partial charge is 0.337 e. The second-order valence-electron chi connectivity index (χ2n) is 4.77. The van der Waals surface area contributed by atoms with Crippen LogP contribution in [0.4, 0.5) is 0 Å². The fraction of sp³-hybridized carbons (Fsp3) is 0.200. The first-order valence-corrected chi connectivity index (χ1v) is 6.20. The Kier molecular flexibility index (Phi) is 3.01. The van der Waals surface area contributed by atoms with Crippen LogP contribution in [0.1, 0.15) is 27.2 Å². The average Bonchev–Trinajstić information content (AvgIpc) is 2.80. The summed E-state index contributed by atoms with van der Waals surface area (Å²) in [6.45, 7) is 2.40. The summed E-state index contributed by atoms with van der Waals surface area (Å²) in [5.41, 5.74) is 3.53. The number of benzene rings is 1. The SMILES string of the molecule is O=C(O)c1cnc2c(c1)CN(Cc1ccccc1)C2. The summed E-state index contributed by atoms with van der Waals surface area (Å²) < 4.78 is 0. The van der Waals surface area contributed by atoms with Crippen molar-refractivity contribution in [1.82, 2.24) is 9.88 Å². The molecule has 1 aromatic carbocycles. The van der Waals surface area contributed by atoms with E-state index >= 15 is 0 Å². The van der Waals surface area contributed by atoms with Gasteiger partial charge in [-0.05, 0) is 17.2 Å². The first-order valence-electron chi connectivity index (χ1n) is 6.20. The van der Waals surface area contributed by atoms with Crippen molar-refractivity contribution >= 4 is 5.97 Å². The Bertz CT molecular complexity index is 611. The van der Waals surface area contributed by atoms with Gasteiger partial charge in [-0.2, -0.15) is 0 Å². The molecule has 0 spiro atoms. The number of aromatic carboxylic acids is 1. The van der Waals surface area contributed by atoms with Gasteiger partial charge in [-0.15, -0.1) is 0 Å². The monoisotopic (exact) mass is 254 g/mol. The number of aromatic nitrogens is 1. The van der Waals surface area contributed by atoms with E-state index in [9.17, 15) is 4.79 Å². The van der Waals surface area contributed by atoms with Crippen LogP contribution in [-0.2, 0) is 19.6 Å². The zero-order valence-corrected chi connectivity index (χ0v) is 10.4. The number of rotatable bonds is 3. The Morgan fingerprint density at radius 2 is 2.05 bits per heavy atom. The highest BCUT2D eigenvalue weighted by molar-refractivity contribution is 5.87. The zero-order chi connectivity index (χ0) is 13.2. The van der Waals surface area contributed by atoms with E-state index in [0.29, 0.717) is 0 Å². The molecule has 1 aromatic heterocycles. The Morgan fingerprint density at radius 1 is 1.26 bits per heavy atom. The third-order valence-electron chi connectivity index (χ3n) is 3.32. The second kappa shape index (κ2) is 4.82. The van der Waals surface area contributed by atoms with E-state index in [0.717, 1.165) is 30.9 Å². The minimum atomic E-state index is -0.920. The van der Waals surface area contributed by atoms with Gasteiger partial charge < -0.3 is 5.11 Å². The predicted octanol–water partition coefficient (Wildman–Crippen LogP) is 2.30. The average molecular weight is 254 g/mol. The lowest BCUT2D eigenvalue weighted by molar-refractivity contribution is 0.0696. The molecule has 3 rings (SSSR count). The molecule has 0 amide bonds. The molecular weight excluding hydrogens is 240 g/mol. The number of fused-ring (bicyclic) bond motifs is 1. The van der Waals surface area contributed by atoms with E-state index < -0.39 is 5.97 Å². The van der Waals surface area contributed by atoms with Crippen LogP contribution in [0.25, 0.3) is 0 Å². The quantitative estimate of drug-likeness (QED) is 0.913. The fourth-order valence-electron chi connectivity index (χ4n) is 2.40. The standard InChI is InChI=1S/C15H14N2O2/c18-15(19)12-6-13-9-17(10-14(13)16-7-12)8-11-4-2-1-3-5-11/h1-7H,8-10H2,(H,18,19). The fourth-order valence-corrected chi connectivity index (χ4v) is 2.40. The predicted molar refractivity (Wildman–Crippen MR) is 70.6 cm³/mol. The number of pyridine rings is 1. The van der Waals surface area contributed by atoms with Crippen molar-refractivity contribution in [2.45, 2.75) is 19.6 Å². The van der Waals surface area contributed by atoms with E-state index in [4.69, 9.17) is 5.11 Å². The molecule has 0 saturated carbocycles. The van der Waals surface area contributed by atoms with E-state index in [-0.39, 0.29) is 5.56 Å². The van der Waals surface area contributed by atoms with Gasteiger partial charge in [-0.3, -0.25) is 9.88 Å². The van der Waals surface area contributed by atoms with Gasteiger partial charge in [0, 0.05) is 25.8 Å². The van der Waals surface area contributed by atoms with Crippen LogP contribution in [0.5, 0.6) is 0 Å². The third kappa shape index (κ3) is 2.48. The van der Waals surface area contributed by atoms with Crippen molar-refractivity contribution in [3.05, 3.63) is 65.0 Å². The molecule has 4 heteroatoms. The molecule has 1 aliphatic heterocycles. The van der Waals surface area contributed by atoms with Crippen LogP contribution in [0.15, 0.2) is 42.6 Å². The molecule has 0 aliphatic carbocycles. The Labute approximate surface area is 111 Å². The maximum atomic E-state index is 10.9. The van der Waals surface area contributed by atoms with Gasteiger partial charge >= 0.3 is 5.97 Å². The molecule has 4 nitrogen and oxygen atoms in total. The van der Waals surface area contributed by atoms with Gasteiger partial charge in [0.1, 0.15) is 0 Å². The summed E-state index contributed by atoms with van der Waals surface area (Å²) in [7, 11) is 0. The Morgan fingerprint density at radius 3 is 2.79 bits per heavy atom. The largest absolute Gasteiger partial charge is 0.478 e. The van der Waals surface area contributed by atoms with Gasteiger partial charge in [-0.25, -0.2) is 4.79 Å². The maximum absolute atomic E-state index is 10.9. The van der Waals surface area contributed by atoms with Crippen LogP contribution in [0.2, 0.25) is 0 Å². The molecule has 19 heavy (non-hydrogen) atoms. The van der Waals surface area contributed by atoms with Crippen molar-refractivity contribution in [1.29, 1.82) is 0 Å². The third-order valence-corrected chi connectivity index (χ3v) is 3.32. The molecule has 2 heterocycles. The molecular formula is C15H14N2O2. The van der Waals surface area contributed by atoms with Crippen molar-refractivity contribution in [3.8, 4) is 0 Å². The Balaban J connectivity index is 1.75. The molecule has 0 unspecified atom stereocenters. The minimum absolute atomic E-state index is 0.264. The van der Waals surface area contributed by atoms with Crippen molar-refractivity contribution in [2.75, 3.05) is 0 Å². The van der Waals surface area contributed by atoms with E-state index in [1.165, 1.54) is 11.8 Å². The van der Waals surface area contributed by atoms with Gasteiger partial charge in [-0.1, -0.05) is 30.3 Å². The molecule has 96 valence electrons. The van der Waals surface area contributed by atoms with Crippen molar-refractivity contribution in [2.24, 2.45) is 0 Å². The summed E-state index contributed by atoms with van der Waals surface area (Å²) in [6.07, 6.45) is 1.44. The number of nitrogens with zero attached hydrogens (tertiary/aromatic N) is 2. The highest BCUT2D eigenvalue weighted by Gasteiger charge is 2.21. The molecule has 1 N–H and O–H groups in total. The molecule has 0 fully saturated rings. The number of carboxylic acid groups (broad SMARTS) is 1. The van der Waals surface area contributed by atoms with E-state index in [1.54, 1.807) is 6.07 Å². The van der Waals surface area contributed by atoms with Crippen LogP contribution in [0, 0.1) is 0 Å². The lowest BCUT2D eigenvalue weighted by Crippen LogP contribution is -2.15. The van der Waals surface area contributed by atoms with E-state index in [1.807, 2.05) is 18.2 Å². The normalized spacial score (nSPS) is 14.3. The first-order chi connectivity index (χ1) is 9.22. The number of hydrogen-bond donors (Lipinski definition) is 1. The van der Waals surface area contributed by atoms with Crippen molar-refractivity contribution in [3.63, 3.8) is 0 Å². The zero-order valence-electron chi connectivity index (χ0n) is 10.4. The van der Waals surface area contributed by atoms with Gasteiger partial charge in [0.15, 0.2) is 0 Å². The summed E-state index contributed by atoms with van der Waals surface area (Å²) in [6, 6.07) is 12.0. The van der Waals surface area contributed by atoms with Crippen molar-refractivity contribution < 1.29 is 9.90 Å².